The topological polar surface area (TPSA) is 55.7 Å². The maximum absolute atomic E-state index is 5.23. The Bertz CT molecular complexity index is 966. The van der Waals surface area contributed by atoms with Crippen LogP contribution in [-0.4, -0.2) is 26.9 Å². The van der Waals surface area contributed by atoms with Gasteiger partial charge in [0.05, 0.1) is 36.5 Å². The van der Waals surface area contributed by atoms with Crippen molar-refractivity contribution in [3.8, 4) is 28.3 Å². The Balaban J connectivity index is 1.86. The van der Waals surface area contributed by atoms with Crippen LogP contribution in [0.25, 0.3) is 33.4 Å². The van der Waals surface area contributed by atoms with Gasteiger partial charge in [-0.2, -0.15) is 5.10 Å². The standard InChI is InChI=1S/C18H16N4O/c1-22-11-19-17(12-5-7-15(23-2)8-6-12)18(22)13-3-4-14-10-20-21-16(14)9-13/h3-11H,1-2H3,(H,20,21). The van der Waals surface area contributed by atoms with E-state index in [1.165, 1.54) is 0 Å². The number of fused-ring (bicyclic) bond motifs is 1. The molecule has 0 atom stereocenters. The quantitative estimate of drug-likeness (QED) is 0.628. The normalized spacial score (nSPS) is 11.0. The highest BCUT2D eigenvalue weighted by molar-refractivity contribution is 5.87. The number of aromatic amines is 1. The predicted molar refractivity (Wildman–Crippen MR) is 90.3 cm³/mol. The van der Waals surface area contributed by atoms with Crippen molar-refractivity contribution < 1.29 is 4.74 Å². The first-order valence-corrected chi connectivity index (χ1v) is 7.35. The number of ether oxygens (including phenoxy) is 1. The molecule has 0 amide bonds. The second kappa shape index (κ2) is 5.28. The molecule has 0 saturated heterocycles. The summed E-state index contributed by atoms with van der Waals surface area (Å²) < 4.78 is 7.27. The van der Waals surface area contributed by atoms with E-state index in [1.807, 2.05) is 48.4 Å². The third-order valence-electron chi connectivity index (χ3n) is 4.02. The van der Waals surface area contributed by atoms with Crippen LogP contribution in [0.1, 0.15) is 0 Å². The molecule has 0 aliphatic carbocycles. The summed E-state index contributed by atoms with van der Waals surface area (Å²) in [6.45, 7) is 0. The zero-order valence-corrected chi connectivity index (χ0v) is 12.9. The number of nitrogens with zero attached hydrogens (tertiary/aromatic N) is 3. The molecule has 4 rings (SSSR count). The molecule has 4 aromatic rings. The van der Waals surface area contributed by atoms with Gasteiger partial charge in [-0.3, -0.25) is 5.10 Å². The second-order valence-corrected chi connectivity index (χ2v) is 5.45. The molecule has 0 saturated carbocycles. The maximum atomic E-state index is 5.23. The fourth-order valence-corrected chi connectivity index (χ4v) is 2.82. The Kier molecular flexibility index (Phi) is 3.12. The van der Waals surface area contributed by atoms with Crippen molar-refractivity contribution in [2.24, 2.45) is 7.05 Å². The lowest BCUT2D eigenvalue weighted by Gasteiger charge is -2.08. The van der Waals surface area contributed by atoms with Gasteiger partial charge in [-0.25, -0.2) is 4.98 Å². The van der Waals surface area contributed by atoms with Crippen LogP contribution in [0.4, 0.5) is 0 Å². The number of benzene rings is 2. The SMILES string of the molecule is COc1ccc(-c2ncn(C)c2-c2ccc3cn[nH]c3c2)cc1. The minimum Gasteiger partial charge on any atom is -0.497 e. The zero-order chi connectivity index (χ0) is 15.8. The first kappa shape index (κ1) is 13.6. The van der Waals surface area contributed by atoms with E-state index < -0.39 is 0 Å². The number of hydrogen-bond donors (Lipinski definition) is 1. The molecule has 2 aromatic heterocycles. The smallest absolute Gasteiger partial charge is 0.118 e. The number of hydrogen-bond acceptors (Lipinski definition) is 3. The van der Waals surface area contributed by atoms with Crippen molar-refractivity contribution in [2.45, 2.75) is 0 Å². The fraction of sp³-hybridized carbons (Fsp3) is 0.111. The van der Waals surface area contributed by atoms with Gasteiger partial charge in [0.2, 0.25) is 0 Å². The number of H-pyrrole nitrogens is 1. The van der Waals surface area contributed by atoms with Gasteiger partial charge < -0.3 is 9.30 Å². The molecule has 0 unspecified atom stereocenters. The summed E-state index contributed by atoms with van der Waals surface area (Å²) in [6.07, 6.45) is 3.67. The Morgan fingerprint density at radius 1 is 1.04 bits per heavy atom. The number of rotatable bonds is 3. The molecule has 114 valence electrons. The van der Waals surface area contributed by atoms with Crippen LogP contribution in [0.2, 0.25) is 0 Å². The van der Waals surface area contributed by atoms with Crippen LogP contribution < -0.4 is 4.74 Å². The molecule has 0 radical (unpaired) electrons. The molecular weight excluding hydrogens is 288 g/mol. The van der Waals surface area contributed by atoms with E-state index in [2.05, 4.69) is 33.4 Å². The van der Waals surface area contributed by atoms with Gasteiger partial charge in [-0.15, -0.1) is 0 Å². The second-order valence-electron chi connectivity index (χ2n) is 5.45. The van der Waals surface area contributed by atoms with Crippen molar-refractivity contribution in [3.63, 3.8) is 0 Å². The highest BCUT2D eigenvalue weighted by Crippen LogP contribution is 2.32. The number of nitrogens with one attached hydrogen (secondary N) is 1. The van der Waals surface area contributed by atoms with Gasteiger partial charge in [0.15, 0.2) is 0 Å². The minimum absolute atomic E-state index is 0.838. The molecule has 5 heteroatoms. The Morgan fingerprint density at radius 2 is 1.83 bits per heavy atom. The van der Waals surface area contributed by atoms with Crippen molar-refractivity contribution >= 4 is 10.9 Å². The molecule has 0 spiro atoms. The van der Waals surface area contributed by atoms with Crippen LogP contribution in [-0.2, 0) is 7.05 Å². The van der Waals surface area contributed by atoms with E-state index in [9.17, 15) is 0 Å². The van der Waals surface area contributed by atoms with Gasteiger partial charge >= 0.3 is 0 Å². The number of aryl methyl sites for hydroxylation is 1. The predicted octanol–water partition coefficient (Wildman–Crippen LogP) is 3.64. The minimum atomic E-state index is 0.838. The van der Waals surface area contributed by atoms with Crippen molar-refractivity contribution in [2.75, 3.05) is 7.11 Å². The first-order valence-electron chi connectivity index (χ1n) is 7.35. The number of methoxy groups -OCH3 is 1. The highest BCUT2D eigenvalue weighted by atomic mass is 16.5. The van der Waals surface area contributed by atoms with Gasteiger partial charge in [-0.1, -0.05) is 12.1 Å². The summed E-state index contributed by atoms with van der Waals surface area (Å²) >= 11 is 0. The van der Waals surface area contributed by atoms with E-state index in [4.69, 9.17) is 4.74 Å². The summed E-state index contributed by atoms with van der Waals surface area (Å²) in [7, 11) is 3.67. The van der Waals surface area contributed by atoms with Crippen LogP contribution >= 0.6 is 0 Å². The Hall–Kier alpha value is -3.08. The average molecular weight is 304 g/mol. The van der Waals surface area contributed by atoms with Crippen LogP contribution in [0.15, 0.2) is 55.0 Å². The Morgan fingerprint density at radius 3 is 2.61 bits per heavy atom. The Labute approximate surface area is 133 Å². The summed E-state index contributed by atoms with van der Waals surface area (Å²) in [4.78, 5) is 4.58. The van der Waals surface area contributed by atoms with Gasteiger partial charge in [-0.05, 0) is 30.3 Å². The molecule has 0 aliphatic rings. The fourth-order valence-electron chi connectivity index (χ4n) is 2.82. The molecule has 1 N–H and O–H groups in total. The van der Waals surface area contributed by atoms with E-state index >= 15 is 0 Å². The largest absolute Gasteiger partial charge is 0.497 e. The van der Waals surface area contributed by atoms with E-state index in [0.29, 0.717) is 0 Å². The monoisotopic (exact) mass is 304 g/mol. The van der Waals surface area contributed by atoms with Crippen molar-refractivity contribution in [3.05, 3.63) is 55.0 Å². The maximum Gasteiger partial charge on any atom is 0.118 e. The molecule has 23 heavy (non-hydrogen) atoms. The molecular formula is C18H16N4O. The van der Waals surface area contributed by atoms with Crippen LogP contribution in [0.5, 0.6) is 5.75 Å². The molecule has 0 fully saturated rings. The lowest BCUT2D eigenvalue weighted by molar-refractivity contribution is 0.415. The highest BCUT2D eigenvalue weighted by Gasteiger charge is 2.14. The summed E-state index contributed by atoms with van der Waals surface area (Å²) in [5, 5.41) is 8.20. The van der Waals surface area contributed by atoms with Gasteiger partial charge in [0.25, 0.3) is 0 Å². The first-order chi connectivity index (χ1) is 11.3. The van der Waals surface area contributed by atoms with Crippen LogP contribution in [0, 0.1) is 0 Å². The van der Waals surface area contributed by atoms with Crippen LogP contribution in [0.3, 0.4) is 0 Å². The van der Waals surface area contributed by atoms with Crippen molar-refractivity contribution in [1.29, 1.82) is 0 Å². The van der Waals surface area contributed by atoms with E-state index in [0.717, 1.165) is 39.2 Å². The lowest BCUT2D eigenvalue weighted by atomic mass is 10.0. The average Bonchev–Trinajstić information content (AvgIpc) is 3.20. The molecule has 2 aromatic carbocycles. The number of aromatic nitrogens is 4. The summed E-state index contributed by atoms with van der Waals surface area (Å²) in [5.74, 6) is 0.838. The zero-order valence-electron chi connectivity index (χ0n) is 12.9. The molecule has 5 nitrogen and oxygen atoms in total. The van der Waals surface area contributed by atoms with E-state index in [-0.39, 0.29) is 0 Å². The summed E-state index contributed by atoms with van der Waals surface area (Å²) in [6, 6.07) is 14.2. The molecule has 0 aliphatic heterocycles. The summed E-state index contributed by atoms with van der Waals surface area (Å²) in [5.41, 5.74) is 5.21. The van der Waals surface area contributed by atoms with Crippen molar-refractivity contribution in [1.82, 2.24) is 19.7 Å². The molecule has 2 heterocycles. The third kappa shape index (κ3) is 2.26. The van der Waals surface area contributed by atoms with Gasteiger partial charge in [0, 0.05) is 23.6 Å². The van der Waals surface area contributed by atoms with Gasteiger partial charge in [0.1, 0.15) is 5.75 Å². The molecule has 0 bridgehead atoms. The number of imidazole rings is 1. The lowest BCUT2D eigenvalue weighted by Crippen LogP contribution is -1.92. The third-order valence-corrected chi connectivity index (χ3v) is 4.02. The van der Waals surface area contributed by atoms with E-state index in [1.54, 1.807) is 7.11 Å².